The minimum Gasteiger partial charge on any atom is -0.352 e. The van der Waals surface area contributed by atoms with Crippen LogP contribution in [-0.4, -0.2) is 55.4 Å². The summed E-state index contributed by atoms with van der Waals surface area (Å²) in [5, 5.41) is 6.28. The monoisotopic (exact) mass is 380 g/mol. The zero-order valence-electron chi connectivity index (χ0n) is 16.5. The number of carbonyl (C=O) groups is 1. The minimum atomic E-state index is -0.343. The first-order valence-electron chi connectivity index (χ1n) is 9.36. The first-order valence-corrected chi connectivity index (χ1v) is 9.36. The number of nitrogens with zero attached hydrogens (tertiary/aromatic N) is 6. The minimum absolute atomic E-state index is 0.251. The fraction of sp³-hybridized carbons (Fsp3) is 0.421. The number of hydrogen-bond acceptors (Lipinski definition) is 7. The molecule has 1 aliphatic heterocycles. The first-order chi connectivity index (χ1) is 13.4. The summed E-state index contributed by atoms with van der Waals surface area (Å²) in [6.07, 6.45) is 6.80. The molecule has 2 unspecified atom stereocenters. The van der Waals surface area contributed by atoms with Gasteiger partial charge in [0.2, 0.25) is 0 Å². The van der Waals surface area contributed by atoms with Crippen LogP contribution in [0.15, 0.2) is 24.8 Å². The Morgan fingerprint density at radius 3 is 2.54 bits per heavy atom. The van der Waals surface area contributed by atoms with E-state index in [0.717, 1.165) is 35.9 Å². The molecule has 0 saturated carbocycles. The smallest absolute Gasteiger partial charge is 0.277 e. The molecule has 4 rings (SSSR count). The number of aromatic nitrogens is 5. The number of imidazole rings is 1. The van der Waals surface area contributed by atoms with Crippen LogP contribution in [0.5, 0.6) is 0 Å². The van der Waals surface area contributed by atoms with Gasteiger partial charge >= 0.3 is 0 Å². The highest BCUT2D eigenvalue weighted by Gasteiger charge is 2.22. The highest BCUT2D eigenvalue weighted by molar-refractivity contribution is 6.02. The molecule has 0 aliphatic carbocycles. The van der Waals surface area contributed by atoms with Crippen LogP contribution in [-0.2, 0) is 0 Å². The maximum Gasteiger partial charge on any atom is 0.277 e. The van der Waals surface area contributed by atoms with E-state index in [2.05, 4.69) is 49.3 Å². The van der Waals surface area contributed by atoms with Crippen LogP contribution in [0.25, 0.3) is 5.65 Å². The predicted molar refractivity (Wildman–Crippen MR) is 107 cm³/mol. The van der Waals surface area contributed by atoms with Crippen molar-refractivity contribution in [3.63, 3.8) is 0 Å². The average Bonchev–Trinajstić information content (AvgIpc) is 3.02. The van der Waals surface area contributed by atoms with Crippen molar-refractivity contribution in [2.75, 3.05) is 23.3 Å². The second-order valence-corrected chi connectivity index (χ2v) is 7.41. The van der Waals surface area contributed by atoms with Crippen molar-refractivity contribution in [3.05, 3.63) is 41.9 Å². The van der Waals surface area contributed by atoms with Gasteiger partial charge in [0.25, 0.3) is 5.91 Å². The molecule has 1 amide bonds. The number of amides is 1. The topological polar surface area (TPSA) is 100 Å². The summed E-state index contributed by atoms with van der Waals surface area (Å²) in [4.78, 5) is 32.3. The van der Waals surface area contributed by atoms with Crippen LogP contribution in [0.4, 0.5) is 11.6 Å². The summed E-state index contributed by atoms with van der Waals surface area (Å²) in [6.45, 7) is 9.79. The van der Waals surface area contributed by atoms with E-state index in [1.54, 1.807) is 12.4 Å². The molecule has 9 heteroatoms. The average molecular weight is 380 g/mol. The fourth-order valence-corrected chi connectivity index (χ4v) is 3.63. The Bertz CT molecular complexity index is 1000. The molecule has 2 N–H and O–H groups in total. The van der Waals surface area contributed by atoms with Crippen LogP contribution in [0.3, 0.4) is 0 Å². The lowest BCUT2D eigenvalue weighted by molar-refractivity contribution is 0.102. The van der Waals surface area contributed by atoms with Gasteiger partial charge in [-0.05, 0) is 27.7 Å². The van der Waals surface area contributed by atoms with E-state index in [1.807, 2.05) is 24.4 Å². The van der Waals surface area contributed by atoms with Gasteiger partial charge < -0.3 is 19.9 Å². The van der Waals surface area contributed by atoms with Crippen molar-refractivity contribution in [2.45, 2.75) is 39.8 Å². The zero-order valence-corrected chi connectivity index (χ0v) is 16.5. The molecule has 1 saturated heterocycles. The zero-order chi connectivity index (χ0) is 19.8. The van der Waals surface area contributed by atoms with E-state index in [4.69, 9.17) is 0 Å². The number of rotatable bonds is 3. The van der Waals surface area contributed by atoms with Crippen molar-refractivity contribution < 1.29 is 4.79 Å². The van der Waals surface area contributed by atoms with Gasteiger partial charge in [-0.1, -0.05) is 0 Å². The third-order valence-electron chi connectivity index (χ3n) is 4.72. The Balaban J connectivity index is 1.49. The lowest BCUT2D eigenvalue weighted by Gasteiger charge is -2.36. The molecular formula is C19H24N8O. The van der Waals surface area contributed by atoms with Crippen molar-refractivity contribution in [2.24, 2.45) is 0 Å². The maximum atomic E-state index is 12.6. The SMILES string of the molecule is Cc1cn2cc(NC(=O)c3cnc(N4CC(C)NC(C)C4)cn3)nc(C)c2n1. The molecule has 28 heavy (non-hydrogen) atoms. The molecular weight excluding hydrogens is 356 g/mol. The second-order valence-electron chi connectivity index (χ2n) is 7.41. The lowest BCUT2D eigenvalue weighted by atomic mass is 10.1. The molecule has 4 heterocycles. The van der Waals surface area contributed by atoms with Crippen LogP contribution >= 0.6 is 0 Å². The molecule has 0 bridgehead atoms. The maximum absolute atomic E-state index is 12.6. The molecule has 2 atom stereocenters. The summed E-state index contributed by atoms with van der Waals surface area (Å²) in [5.41, 5.74) is 2.67. The second kappa shape index (κ2) is 7.16. The molecule has 3 aromatic heterocycles. The van der Waals surface area contributed by atoms with Crippen LogP contribution in [0, 0.1) is 13.8 Å². The standard InChI is InChI=1S/C19H24N8O/c1-11-7-26(8-12(2)22-11)17-6-20-15(5-21-17)19(28)25-16-10-27-9-13(3)23-18(27)14(4)24-16/h5-6,9-12,22H,7-8H2,1-4H3,(H,25,28). The van der Waals surface area contributed by atoms with Crippen LogP contribution < -0.4 is 15.5 Å². The number of nitrogens with one attached hydrogen (secondary N) is 2. The number of anilines is 2. The highest BCUT2D eigenvalue weighted by atomic mass is 16.1. The summed E-state index contributed by atoms with van der Waals surface area (Å²) >= 11 is 0. The molecule has 0 spiro atoms. The van der Waals surface area contributed by atoms with Crippen molar-refractivity contribution in [1.82, 2.24) is 29.7 Å². The van der Waals surface area contributed by atoms with Gasteiger partial charge in [0, 0.05) is 31.4 Å². The van der Waals surface area contributed by atoms with Gasteiger partial charge in [0.1, 0.15) is 17.3 Å². The summed E-state index contributed by atoms with van der Waals surface area (Å²) in [5.74, 6) is 0.883. The molecule has 1 aliphatic rings. The van der Waals surface area contributed by atoms with Crippen LogP contribution in [0.1, 0.15) is 35.7 Å². The van der Waals surface area contributed by atoms with Crippen molar-refractivity contribution in [1.29, 1.82) is 0 Å². The number of piperazine rings is 1. The summed E-state index contributed by atoms with van der Waals surface area (Å²) < 4.78 is 1.86. The molecule has 9 nitrogen and oxygen atoms in total. The van der Waals surface area contributed by atoms with E-state index < -0.39 is 0 Å². The highest BCUT2D eigenvalue weighted by Crippen LogP contribution is 2.16. The molecule has 146 valence electrons. The number of fused-ring (bicyclic) bond motifs is 1. The fourth-order valence-electron chi connectivity index (χ4n) is 3.63. The Labute approximate surface area is 163 Å². The lowest BCUT2D eigenvalue weighted by Crippen LogP contribution is -2.54. The molecule has 0 radical (unpaired) electrons. The molecule has 0 aromatic carbocycles. The van der Waals surface area contributed by atoms with Crippen molar-refractivity contribution >= 4 is 23.2 Å². The van der Waals surface area contributed by atoms with E-state index in [1.165, 1.54) is 6.20 Å². The van der Waals surface area contributed by atoms with E-state index in [9.17, 15) is 4.79 Å². The summed E-state index contributed by atoms with van der Waals surface area (Å²) in [6, 6.07) is 0.758. The Morgan fingerprint density at radius 1 is 1.11 bits per heavy atom. The summed E-state index contributed by atoms with van der Waals surface area (Å²) in [7, 11) is 0. The quantitative estimate of drug-likeness (QED) is 0.711. The Hall–Kier alpha value is -3.07. The van der Waals surface area contributed by atoms with E-state index in [0.29, 0.717) is 17.9 Å². The van der Waals surface area contributed by atoms with Crippen LogP contribution in [0.2, 0.25) is 0 Å². The number of hydrogen-bond donors (Lipinski definition) is 2. The first kappa shape index (κ1) is 18.3. The predicted octanol–water partition coefficient (Wildman–Crippen LogP) is 1.58. The van der Waals surface area contributed by atoms with Gasteiger partial charge in [0.15, 0.2) is 5.65 Å². The Morgan fingerprint density at radius 2 is 1.86 bits per heavy atom. The molecule has 1 fully saturated rings. The number of carbonyl (C=O) groups excluding carboxylic acids is 1. The van der Waals surface area contributed by atoms with Gasteiger partial charge in [0.05, 0.1) is 30.0 Å². The number of aryl methyl sites for hydroxylation is 2. The third kappa shape index (κ3) is 3.65. The largest absolute Gasteiger partial charge is 0.352 e. The normalized spacial score (nSPS) is 19.8. The van der Waals surface area contributed by atoms with Gasteiger partial charge in [-0.25, -0.2) is 19.9 Å². The molecule has 3 aromatic rings. The van der Waals surface area contributed by atoms with Gasteiger partial charge in [-0.2, -0.15) is 0 Å². The third-order valence-corrected chi connectivity index (χ3v) is 4.72. The van der Waals surface area contributed by atoms with E-state index in [-0.39, 0.29) is 11.6 Å². The van der Waals surface area contributed by atoms with Gasteiger partial charge in [-0.3, -0.25) is 4.79 Å². The van der Waals surface area contributed by atoms with Crippen molar-refractivity contribution in [3.8, 4) is 0 Å². The Kier molecular flexibility index (Phi) is 4.68. The van der Waals surface area contributed by atoms with E-state index >= 15 is 0 Å². The van der Waals surface area contributed by atoms with Gasteiger partial charge in [-0.15, -0.1) is 0 Å².